The van der Waals surface area contributed by atoms with Gasteiger partial charge in [0.15, 0.2) is 11.7 Å². The van der Waals surface area contributed by atoms with Crippen molar-refractivity contribution in [2.24, 2.45) is 5.92 Å². The molecule has 2 rings (SSSR count). The molecule has 0 heterocycles. The van der Waals surface area contributed by atoms with Crippen LogP contribution >= 0.6 is 0 Å². The molecule has 1 unspecified atom stereocenters. The summed E-state index contributed by atoms with van der Waals surface area (Å²) in [5.41, 5.74) is -0.859. The van der Waals surface area contributed by atoms with E-state index in [9.17, 15) is 28.0 Å². The standard InChI is InChI=1S/C20H17F3N2O4/c1-28-9-8-25-19(27)17(12-24)18(26)13-4-2-6-15(10-13)29-16-7-3-5-14(11-16)20(21,22)23/h2-7,10-11,17H,8-9H2,1H3,(H,25,27). The van der Waals surface area contributed by atoms with Crippen molar-refractivity contribution in [1.29, 1.82) is 5.26 Å². The van der Waals surface area contributed by atoms with Gasteiger partial charge in [-0.15, -0.1) is 0 Å². The average molecular weight is 406 g/mol. The number of amides is 1. The van der Waals surface area contributed by atoms with Crippen molar-refractivity contribution in [2.75, 3.05) is 20.3 Å². The van der Waals surface area contributed by atoms with E-state index in [0.717, 1.165) is 12.1 Å². The lowest BCUT2D eigenvalue weighted by atomic mass is 9.98. The molecule has 1 amide bonds. The molecule has 0 radical (unpaired) electrons. The number of ether oxygens (including phenoxy) is 2. The maximum Gasteiger partial charge on any atom is 0.416 e. The van der Waals surface area contributed by atoms with Gasteiger partial charge in [-0.3, -0.25) is 9.59 Å². The minimum Gasteiger partial charge on any atom is -0.457 e. The van der Waals surface area contributed by atoms with Crippen LogP contribution in [-0.2, 0) is 15.7 Å². The Balaban J connectivity index is 2.17. The summed E-state index contributed by atoms with van der Waals surface area (Å²) in [6.45, 7) is 0.359. The second kappa shape index (κ2) is 9.71. The number of nitrogens with one attached hydrogen (secondary N) is 1. The fraction of sp³-hybridized carbons (Fsp3) is 0.250. The number of benzene rings is 2. The first-order chi connectivity index (χ1) is 13.8. The molecule has 152 valence electrons. The Morgan fingerprint density at radius 3 is 2.41 bits per heavy atom. The van der Waals surface area contributed by atoms with E-state index >= 15 is 0 Å². The summed E-state index contributed by atoms with van der Waals surface area (Å²) in [4.78, 5) is 24.5. The minimum atomic E-state index is -4.52. The van der Waals surface area contributed by atoms with Gasteiger partial charge in [-0.1, -0.05) is 18.2 Å². The highest BCUT2D eigenvalue weighted by atomic mass is 19.4. The molecule has 0 aliphatic carbocycles. The van der Waals surface area contributed by atoms with Crippen molar-refractivity contribution in [1.82, 2.24) is 5.32 Å². The molecule has 0 spiro atoms. The lowest BCUT2D eigenvalue weighted by molar-refractivity contribution is -0.137. The van der Waals surface area contributed by atoms with Crippen LogP contribution in [0.3, 0.4) is 0 Å². The predicted octanol–water partition coefficient (Wildman–Crippen LogP) is 3.58. The molecule has 9 heteroatoms. The molecule has 2 aromatic carbocycles. The Kier molecular flexibility index (Phi) is 7.33. The highest BCUT2D eigenvalue weighted by Gasteiger charge is 2.31. The normalized spacial score (nSPS) is 12.0. The molecule has 0 aromatic heterocycles. The highest BCUT2D eigenvalue weighted by molar-refractivity contribution is 6.12. The topological polar surface area (TPSA) is 88.4 Å². The van der Waals surface area contributed by atoms with Crippen LogP contribution in [0.15, 0.2) is 48.5 Å². The number of nitriles is 1. The van der Waals surface area contributed by atoms with Crippen LogP contribution in [-0.4, -0.2) is 32.0 Å². The van der Waals surface area contributed by atoms with E-state index in [0.29, 0.717) is 0 Å². The van der Waals surface area contributed by atoms with Crippen LogP contribution in [0.25, 0.3) is 0 Å². The summed E-state index contributed by atoms with van der Waals surface area (Å²) in [6.07, 6.45) is -4.52. The monoisotopic (exact) mass is 406 g/mol. The van der Waals surface area contributed by atoms with Crippen LogP contribution in [0.4, 0.5) is 13.2 Å². The van der Waals surface area contributed by atoms with Gasteiger partial charge in [0, 0.05) is 19.2 Å². The molecule has 2 aromatic rings. The van der Waals surface area contributed by atoms with Crippen LogP contribution < -0.4 is 10.1 Å². The fourth-order valence-electron chi connectivity index (χ4n) is 2.37. The van der Waals surface area contributed by atoms with Crippen molar-refractivity contribution < 1.29 is 32.2 Å². The van der Waals surface area contributed by atoms with Crippen molar-refractivity contribution in [3.05, 3.63) is 59.7 Å². The summed E-state index contributed by atoms with van der Waals surface area (Å²) in [7, 11) is 1.44. The number of rotatable bonds is 8. The second-order valence-electron chi connectivity index (χ2n) is 5.87. The first kappa shape index (κ1) is 21.9. The minimum absolute atomic E-state index is 0.0166. The lowest BCUT2D eigenvalue weighted by Gasteiger charge is -2.12. The van der Waals surface area contributed by atoms with Gasteiger partial charge in [-0.2, -0.15) is 18.4 Å². The number of Topliss-reactive ketones (excluding diaryl/α,β-unsaturated/α-hetero) is 1. The van der Waals surface area contributed by atoms with Crippen LogP contribution in [0.1, 0.15) is 15.9 Å². The van der Waals surface area contributed by atoms with Crippen molar-refractivity contribution in [3.8, 4) is 17.6 Å². The Hall–Kier alpha value is -3.38. The van der Waals surface area contributed by atoms with Gasteiger partial charge < -0.3 is 14.8 Å². The van der Waals surface area contributed by atoms with Gasteiger partial charge >= 0.3 is 6.18 Å². The summed E-state index contributed by atoms with van der Waals surface area (Å²) in [5.74, 6) is -3.07. The van der Waals surface area contributed by atoms with Gasteiger partial charge in [0.25, 0.3) is 0 Å². The smallest absolute Gasteiger partial charge is 0.416 e. The van der Waals surface area contributed by atoms with Crippen molar-refractivity contribution in [3.63, 3.8) is 0 Å². The zero-order valence-electron chi connectivity index (χ0n) is 15.3. The summed E-state index contributed by atoms with van der Waals surface area (Å²) in [5, 5.41) is 11.6. The molecule has 6 nitrogen and oxygen atoms in total. The SMILES string of the molecule is COCCNC(=O)C(C#N)C(=O)c1cccc(Oc2cccc(C(F)(F)F)c2)c1. The largest absolute Gasteiger partial charge is 0.457 e. The quantitative estimate of drug-likeness (QED) is 0.411. The summed E-state index contributed by atoms with van der Waals surface area (Å²) >= 11 is 0. The molecule has 0 aliphatic rings. The predicted molar refractivity (Wildman–Crippen MR) is 96.3 cm³/mol. The van der Waals surface area contributed by atoms with Gasteiger partial charge in [0.2, 0.25) is 5.91 Å². The molecular weight excluding hydrogens is 389 g/mol. The van der Waals surface area contributed by atoms with Crippen LogP contribution in [0.2, 0.25) is 0 Å². The number of carbonyl (C=O) groups is 2. The molecule has 0 fully saturated rings. The maximum atomic E-state index is 12.8. The zero-order chi connectivity index (χ0) is 21.4. The first-order valence-electron chi connectivity index (χ1n) is 8.42. The van der Waals surface area contributed by atoms with E-state index < -0.39 is 29.3 Å². The maximum absolute atomic E-state index is 12.8. The van der Waals surface area contributed by atoms with Gasteiger partial charge in [0.05, 0.1) is 18.2 Å². The van der Waals surface area contributed by atoms with E-state index in [1.807, 2.05) is 0 Å². The Morgan fingerprint density at radius 2 is 1.79 bits per heavy atom. The Labute approximate surface area is 164 Å². The van der Waals surface area contributed by atoms with Gasteiger partial charge in [-0.25, -0.2) is 0 Å². The first-order valence-corrected chi connectivity index (χ1v) is 8.42. The van der Waals surface area contributed by atoms with E-state index in [1.165, 1.54) is 43.5 Å². The molecule has 0 bridgehead atoms. The van der Waals surface area contributed by atoms with Crippen molar-refractivity contribution >= 4 is 11.7 Å². The molecule has 0 aliphatic heterocycles. The van der Waals surface area contributed by atoms with Crippen LogP contribution in [0, 0.1) is 17.2 Å². The molecule has 0 saturated heterocycles. The molecular formula is C20H17F3N2O4. The third-order valence-corrected chi connectivity index (χ3v) is 3.77. The van der Waals surface area contributed by atoms with Crippen molar-refractivity contribution in [2.45, 2.75) is 6.18 Å². The molecule has 29 heavy (non-hydrogen) atoms. The number of ketones is 1. The molecule has 0 saturated carbocycles. The van der Waals surface area contributed by atoms with Gasteiger partial charge in [0.1, 0.15) is 11.5 Å². The fourth-order valence-corrected chi connectivity index (χ4v) is 2.37. The molecule has 1 N–H and O–H groups in total. The number of carbonyl (C=O) groups excluding carboxylic acids is 2. The number of hydrogen-bond acceptors (Lipinski definition) is 5. The number of alkyl halides is 3. The van der Waals surface area contributed by atoms with Gasteiger partial charge in [-0.05, 0) is 30.3 Å². The third-order valence-electron chi connectivity index (χ3n) is 3.77. The summed E-state index contributed by atoms with van der Waals surface area (Å²) in [6, 6.07) is 11.4. The lowest BCUT2D eigenvalue weighted by Crippen LogP contribution is -2.36. The number of halogens is 3. The summed E-state index contributed by atoms with van der Waals surface area (Å²) < 4.78 is 48.6. The Morgan fingerprint density at radius 1 is 1.14 bits per heavy atom. The number of methoxy groups -OCH3 is 1. The third kappa shape index (κ3) is 6.05. The van der Waals surface area contributed by atoms with E-state index in [-0.39, 0.29) is 30.2 Å². The molecule has 1 atom stereocenters. The average Bonchev–Trinajstić information content (AvgIpc) is 2.68. The number of nitrogens with zero attached hydrogens (tertiary/aromatic N) is 1. The second-order valence-corrected chi connectivity index (χ2v) is 5.87. The van der Waals surface area contributed by atoms with E-state index in [4.69, 9.17) is 9.47 Å². The van der Waals surface area contributed by atoms with E-state index in [2.05, 4.69) is 5.32 Å². The number of hydrogen-bond donors (Lipinski definition) is 1. The van der Waals surface area contributed by atoms with Crippen LogP contribution in [0.5, 0.6) is 11.5 Å². The highest BCUT2D eigenvalue weighted by Crippen LogP contribution is 2.32. The zero-order valence-corrected chi connectivity index (χ0v) is 15.3. The Bertz CT molecular complexity index is 922. The van der Waals surface area contributed by atoms with E-state index in [1.54, 1.807) is 6.07 Å².